The third kappa shape index (κ3) is 4.79. The van der Waals surface area contributed by atoms with E-state index in [0.717, 1.165) is 5.56 Å². The number of aromatic carboxylic acids is 1. The summed E-state index contributed by atoms with van der Waals surface area (Å²) in [5.41, 5.74) is 1.35. The molecule has 0 heterocycles. The van der Waals surface area contributed by atoms with E-state index < -0.39 is 5.97 Å². The average Bonchev–Trinajstić information content (AvgIpc) is 2.31. The van der Waals surface area contributed by atoms with Crippen LogP contribution in [0.15, 0.2) is 18.2 Å². The summed E-state index contributed by atoms with van der Waals surface area (Å²) in [6.07, 6.45) is 0.135. The van der Waals surface area contributed by atoms with Crippen LogP contribution in [0.4, 0.5) is 5.69 Å². The van der Waals surface area contributed by atoms with Crippen LogP contribution < -0.4 is 10.6 Å². The Morgan fingerprint density at radius 3 is 2.53 bits per heavy atom. The van der Waals surface area contributed by atoms with Gasteiger partial charge in [-0.15, -0.1) is 0 Å². The van der Waals surface area contributed by atoms with Gasteiger partial charge < -0.3 is 15.7 Å². The van der Waals surface area contributed by atoms with Crippen molar-refractivity contribution in [1.29, 1.82) is 0 Å². The molecule has 6 nitrogen and oxygen atoms in total. The van der Waals surface area contributed by atoms with Gasteiger partial charge in [0.25, 0.3) is 0 Å². The molecule has 0 radical (unpaired) electrons. The molecule has 6 heteroatoms. The lowest BCUT2D eigenvalue weighted by atomic mass is 10.1. The third-order valence-corrected chi connectivity index (χ3v) is 2.48. The predicted octanol–water partition coefficient (Wildman–Crippen LogP) is 1.16. The van der Waals surface area contributed by atoms with E-state index in [1.165, 1.54) is 19.1 Å². The molecule has 0 saturated carbocycles. The summed E-state index contributed by atoms with van der Waals surface area (Å²) in [5, 5.41) is 14.0. The molecule has 0 aliphatic heterocycles. The number of carbonyl (C=O) groups excluding carboxylic acids is 2. The summed E-state index contributed by atoms with van der Waals surface area (Å²) in [5.74, 6) is -1.52. The van der Waals surface area contributed by atoms with Gasteiger partial charge in [-0.25, -0.2) is 4.79 Å². The topological polar surface area (TPSA) is 95.5 Å². The van der Waals surface area contributed by atoms with Gasteiger partial charge >= 0.3 is 5.97 Å². The number of rotatable bonds is 5. The maximum Gasteiger partial charge on any atom is 0.335 e. The Bertz CT molecular complexity index is 511. The smallest absolute Gasteiger partial charge is 0.335 e. The van der Waals surface area contributed by atoms with Crippen LogP contribution in [0.2, 0.25) is 0 Å². The molecule has 0 fully saturated rings. The summed E-state index contributed by atoms with van der Waals surface area (Å²) in [7, 11) is 0. The van der Waals surface area contributed by atoms with Crippen molar-refractivity contribution < 1.29 is 19.5 Å². The molecule has 1 aromatic rings. The highest BCUT2D eigenvalue weighted by molar-refractivity contribution is 5.94. The first kappa shape index (κ1) is 14.7. The maximum atomic E-state index is 11.6. The lowest BCUT2D eigenvalue weighted by Gasteiger charge is -2.09. The molecule has 19 heavy (non-hydrogen) atoms. The molecule has 1 aromatic carbocycles. The molecule has 0 aliphatic carbocycles. The Balaban J connectivity index is 2.65. The molecule has 3 N–H and O–H groups in total. The molecule has 0 unspecified atom stereocenters. The molecular formula is C13H16N2O4. The van der Waals surface area contributed by atoms with Crippen LogP contribution in [0.3, 0.4) is 0 Å². The van der Waals surface area contributed by atoms with Crippen molar-refractivity contribution in [1.82, 2.24) is 5.32 Å². The molecule has 0 bridgehead atoms. The summed E-state index contributed by atoms with van der Waals surface area (Å²) in [4.78, 5) is 33.1. The SMILES string of the molecule is CC(=O)NCCC(=O)Nc1cc(C(=O)O)ccc1C. The van der Waals surface area contributed by atoms with Crippen LogP contribution >= 0.6 is 0 Å². The number of nitrogens with one attached hydrogen (secondary N) is 2. The normalized spacial score (nSPS) is 9.79. The zero-order valence-corrected chi connectivity index (χ0v) is 10.8. The predicted molar refractivity (Wildman–Crippen MR) is 70.1 cm³/mol. The fourth-order valence-corrected chi connectivity index (χ4v) is 1.45. The number of aryl methyl sites for hydroxylation is 1. The number of benzene rings is 1. The molecule has 0 spiro atoms. The first-order chi connectivity index (χ1) is 8.90. The van der Waals surface area contributed by atoms with Gasteiger partial charge in [-0.2, -0.15) is 0 Å². The molecule has 0 atom stereocenters. The fourth-order valence-electron chi connectivity index (χ4n) is 1.45. The van der Waals surface area contributed by atoms with Crippen LogP contribution in [-0.2, 0) is 9.59 Å². The molecule has 102 valence electrons. The second-order valence-electron chi connectivity index (χ2n) is 4.12. The first-order valence-corrected chi connectivity index (χ1v) is 5.78. The molecular weight excluding hydrogens is 248 g/mol. The van der Waals surface area contributed by atoms with Crippen LogP contribution in [-0.4, -0.2) is 29.4 Å². The van der Waals surface area contributed by atoms with E-state index in [9.17, 15) is 14.4 Å². The molecule has 0 aliphatic rings. The minimum atomic E-state index is -1.05. The Labute approximate surface area is 110 Å². The second-order valence-corrected chi connectivity index (χ2v) is 4.12. The number of carboxylic acid groups (broad SMARTS) is 1. The summed E-state index contributed by atoms with van der Waals surface area (Å²) < 4.78 is 0. The number of anilines is 1. The van der Waals surface area contributed by atoms with Crippen LogP contribution in [0, 0.1) is 6.92 Å². The van der Waals surface area contributed by atoms with Crippen molar-refractivity contribution >= 4 is 23.5 Å². The number of hydrogen-bond donors (Lipinski definition) is 3. The van der Waals surface area contributed by atoms with Crippen molar-refractivity contribution in [2.75, 3.05) is 11.9 Å². The van der Waals surface area contributed by atoms with Crippen molar-refractivity contribution in [2.45, 2.75) is 20.3 Å². The van der Waals surface area contributed by atoms with Crippen molar-refractivity contribution in [3.05, 3.63) is 29.3 Å². The second kappa shape index (κ2) is 6.53. The van der Waals surface area contributed by atoms with E-state index in [4.69, 9.17) is 5.11 Å². The Hall–Kier alpha value is -2.37. The van der Waals surface area contributed by atoms with Crippen LogP contribution in [0.1, 0.15) is 29.3 Å². The van der Waals surface area contributed by atoms with Crippen molar-refractivity contribution in [2.24, 2.45) is 0 Å². The Morgan fingerprint density at radius 1 is 1.26 bits per heavy atom. The zero-order chi connectivity index (χ0) is 14.4. The quantitative estimate of drug-likeness (QED) is 0.743. The summed E-state index contributed by atoms with van der Waals surface area (Å²) in [6.45, 7) is 3.40. The van der Waals surface area contributed by atoms with Crippen LogP contribution in [0.25, 0.3) is 0 Å². The van der Waals surface area contributed by atoms with Gasteiger partial charge in [-0.05, 0) is 24.6 Å². The summed E-state index contributed by atoms with van der Waals surface area (Å²) >= 11 is 0. The van der Waals surface area contributed by atoms with E-state index in [1.807, 2.05) is 0 Å². The average molecular weight is 264 g/mol. The van der Waals surface area contributed by atoms with Gasteiger partial charge in [0.2, 0.25) is 11.8 Å². The van der Waals surface area contributed by atoms with Crippen molar-refractivity contribution in [3.8, 4) is 0 Å². The van der Waals surface area contributed by atoms with Gasteiger partial charge in [0.15, 0.2) is 0 Å². The first-order valence-electron chi connectivity index (χ1n) is 5.78. The zero-order valence-electron chi connectivity index (χ0n) is 10.8. The highest BCUT2D eigenvalue weighted by Crippen LogP contribution is 2.17. The van der Waals surface area contributed by atoms with Gasteiger partial charge in [0.1, 0.15) is 0 Å². The van der Waals surface area contributed by atoms with Gasteiger partial charge in [-0.1, -0.05) is 6.07 Å². The lowest BCUT2D eigenvalue weighted by molar-refractivity contribution is -0.119. The number of carbonyl (C=O) groups is 3. The van der Waals surface area contributed by atoms with E-state index in [0.29, 0.717) is 5.69 Å². The van der Waals surface area contributed by atoms with E-state index in [-0.39, 0.29) is 30.3 Å². The number of carboxylic acids is 1. The molecule has 0 aromatic heterocycles. The van der Waals surface area contributed by atoms with Crippen molar-refractivity contribution in [3.63, 3.8) is 0 Å². The molecule has 1 rings (SSSR count). The number of amides is 2. The highest BCUT2D eigenvalue weighted by atomic mass is 16.4. The largest absolute Gasteiger partial charge is 0.478 e. The van der Waals surface area contributed by atoms with Gasteiger partial charge in [0, 0.05) is 25.6 Å². The lowest BCUT2D eigenvalue weighted by Crippen LogP contribution is -2.25. The minimum absolute atomic E-state index is 0.114. The monoisotopic (exact) mass is 264 g/mol. The molecule has 0 saturated heterocycles. The van der Waals surface area contributed by atoms with E-state index in [1.54, 1.807) is 13.0 Å². The Morgan fingerprint density at radius 2 is 1.95 bits per heavy atom. The minimum Gasteiger partial charge on any atom is -0.478 e. The molecule has 2 amide bonds. The van der Waals surface area contributed by atoms with E-state index in [2.05, 4.69) is 10.6 Å². The summed E-state index contributed by atoms with van der Waals surface area (Å²) in [6, 6.07) is 4.52. The number of hydrogen-bond acceptors (Lipinski definition) is 3. The van der Waals surface area contributed by atoms with E-state index >= 15 is 0 Å². The standard InChI is InChI=1S/C13H16N2O4/c1-8-3-4-10(13(18)19)7-11(8)15-12(17)5-6-14-9(2)16/h3-4,7H,5-6H2,1-2H3,(H,14,16)(H,15,17)(H,18,19). The van der Waals surface area contributed by atoms with Crippen LogP contribution in [0.5, 0.6) is 0 Å². The highest BCUT2D eigenvalue weighted by Gasteiger charge is 2.09. The fraction of sp³-hybridized carbons (Fsp3) is 0.308. The van der Waals surface area contributed by atoms with Gasteiger partial charge in [0.05, 0.1) is 5.56 Å². The third-order valence-electron chi connectivity index (χ3n) is 2.48. The Kier molecular flexibility index (Phi) is 5.05. The van der Waals surface area contributed by atoms with Gasteiger partial charge in [-0.3, -0.25) is 9.59 Å². The maximum absolute atomic E-state index is 11.6.